The highest BCUT2D eigenvalue weighted by molar-refractivity contribution is 7.92. The van der Waals surface area contributed by atoms with E-state index in [1.165, 1.54) is 18.2 Å². The molecule has 0 saturated heterocycles. The molecule has 1 aliphatic rings. The van der Waals surface area contributed by atoms with Crippen LogP contribution in [-0.4, -0.2) is 20.7 Å². The van der Waals surface area contributed by atoms with E-state index in [9.17, 15) is 26.0 Å². The smallest absolute Gasteiger partial charge is 0.284 e. The van der Waals surface area contributed by atoms with Crippen molar-refractivity contribution in [2.24, 2.45) is 4.99 Å². The quantitative estimate of drug-likeness (QED) is 0.569. The Kier molecular flexibility index (Phi) is 5.30. The average Bonchev–Trinajstić information content (AvgIpc) is 2.72. The fourth-order valence-corrected chi connectivity index (χ4v) is 4.50. The Bertz CT molecular complexity index is 1280. The predicted molar refractivity (Wildman–Crippen MR) is 109 cm³/mol. The molecule has 1 N–H and O–H groups in total. The van der Waals surface area contributed by atoms with Crippen LogP contribution in [0.25, 0.3) is 0 Å². The summed E-state index contributed by atoms with van der Waals surface area (Å²) >= 11 is 0. The lowest BCUT2D eigenvalue weighted by Gasteiger charge is -2.18. The lowest BCUT2D eigenvalue weighted by atomic mass is 9.93. The number of nitrogens with one attached hydrogen (secondary N) is 1. The van der Waals surface area contributed by atoms with Crippen molar-refractivity contribution in [3.63, 3.8) is 0 Å². The van der Waals surface area contributed by atoms with Crippen LogP contribution in [0.4, 0.5) is 23.2 Å². The summed E-state index contributed by atoms with van der Waals surface area (Å²) in [4.78, 5) is 4.00. The van der Waals surface area contributed by atoms with E-state index >= 15 is 0 Å². The highest BCUT2D eigenvalue weighted by Crippen LogP contribution is 2.31. The minimum absolute atomic E-state index is 0.173. The maximum Gasteiger partial charge on any atom is 0.416 e. The lowest BCUT2D eigenvalue weighted by Crippen LogP contribution is -2.16. The minimum atomic E-state index is -4.66. The first-order valence-corrected chi connectivity index (χ1v) is 10.8. The molecule has 0 aliphatic carbocycles. The van der Waals surface area contributed by atoms with Gasteiger partial charge in [0, 0.05) is 23.4 Å². The van der Waals surface area contributed by atoms with E-state index in [1.807, 2.05) is 0 Å². The number of halogens is 4. The van der Waals surface area contributed by atoms with E-state index in [1.54, 1.807) is 24.3 Å². The Morgan fingerprint density at radius 2 is 1.71 bits per heavy atom. The molecule has 3 aromatic rings. The predicted octanol–water partition coefficient (Wildman–Crippen LogP) is 5.04. The summed E-state index contributed by atoms with van der Waals surface area (Å²) in [6, 6.07) is 14.3. The Labute approximate surface area is 176 Å². The van der Waals surface area contributed by atoms with Crippen LogP contribution in [-0.2, 0) is 22.6 Å². The molecule has 4 rings (SSSR count). The van der Waals surface area contributed by atoms with E-state index in [4.69, 9.17) is 0 Å². The van der Waals surface area contributed by atoms with Gasteiger partial charge in [-0.1, -0.05) is 18.2 Å². The molecule has 1 aliphatic heterocycles. The van der Waals surface area contributed by atoms with Gasteiger partial charge in [0.15, 0.2) is 0 Å². The summed E-state index contributed by atoms with van der Waals surface area (Å²) < 4.78 is 80.0. The molecule has 1 heterocycles. The van der Waals surface area contributed by atoms with E-state index in [2.05, 4.69) is 9.71 Å². The number of nitrogens with zero attached hydrogens (tertiary/aromatic N) is 1. The normalized spacial score (nSPS) is 14.0. The summed E-state index contributed by atoms with van der Waals surface area (Å²) in [5.74, 6) is -0.345. The highest BCUT2D eigenvalue weighted by Gasteiger charge is 2.31. The Hall–Kier alpha value is -3.20. The molecule has 4 nitrogen and oxygen atoms in total. The van der Waals surface area contributed by atoms with Gasteiger partial charge >= 0.3 is 6.18 Å². The summed E-state index contributed by atoms with van der Waals surface area (Å²) in [6.07, 6.45) is -4.06. The zero-order valence-electron chi connectivity index (χ0n) is 15.9. The second-order valence-electron chi connectivity index (χ2n) is 6.99. The SMILES string of the molecule is O=S(=O)(Nc1cccc(C2=NCCc3cc(F)ccc32)c1)c1cccc(C(F)(F)F)c1. The van der Waals surface area contributed by atoms with Crippen molar-refractivity contribution in [1.29, 1.82) is 0 Å². The molecule has 0 unspecified atom stereocenters. The number of sulfonamides is 1. The summed E-state index contributed by atoms with van der Waals surface area (Å²) in [7, 11) is -4.25. The van der Waals surface area contributed by atoms with Crippen LogP contribution in [0.2, 0.25) is 0 Å². The first kappa shape index (κ1) is 21.0. The number of hydrogen-bond acceptors (Lipinski definition) is 3. The molecule has 0 aromatic heterocycles. The number of anilines is 1. The third kappa shape index (κ3) is 4.46. The summed E-state index contributed by atoms with van der Waals surface area (Å²) in [5, 5.41) is 0. The minimum Gasteiger partial charge on any atom is -0.284 e. The van der Waals surface area contributed by atoms with Gasteiger partial charge < -0.3 is 0 Å². The van der Waals surface area contributed by atoms with Crippen molar-refractivity contribution < 1.29 is 26.0 Å². The monoisotopic (exact) mass is 448 g/mol. The Morgan fingerprint density at radius 1 is 0.935 bits per heavy atom. The topological polar surface area (TPSA) is 58.5 Å². The van der Waals surface area contributed by atoms with Crippen LogP contribution in [0, 0.1) is 5.82 Å². The number of aliphatic imine (C=N–C) groups is 1. The lowest BCUT2D eigenvalue weighted by molar-refractivity contribution is -0.137. The van der Waals surface area contributed by atoms with E-state index in [0.717, 1.165) is 29.3 Å². The standard InChI is InChI=1S/C22H16F4N2O2S/c23-17-7-8-20-14(11-17)9-10-27-21(20)15-3-1-5-18(12-15)28-31(29,30)19-6-2-4-16(13-19)22(24,25)26/h1-8,11-13,28H,9-10H2. The molecule has 0 radical (unpaired) electrons. The Balaban J connectivity index is 1.65. The maximum absolute atomic E-state index is 13.6. The third-order valence-electron chi connectivity index (χ3n) is 4.83. The van der Waals surface area contributed by atoms with Crippen molar-refractivity contribution in [2.75, 3.05) is 11.3 Å². The molecule has 0 bridgehead atoms. The molecule has 0 saturated carbocycles. The van der Waals surface area contributed by atoms with Crippen LogP contribution in [0.15, 0.2) is 76.6 Å². The highest BCUT2D eigenvalue weighted by atomic mass is 32.2. The molecule has 0 atom stereocenters. The first-order chi connectivity index (χ1) is 14.6. The van der Waals surface area contributed by atoms with Crippen LogP contribution in [0.3, 0.4) is 0 Å². The largest absolute Gasteiger partial charge is 0.416 e. The average molecular weight is 448 g/mol. The van der Waals surface area contributed by atoms with Gasteiger partial charge in [0.1, 0.15) is 5.82 Å². The van der Waals surface area contributed by atoms with Gasteiger partial charge in [-0.15, -0.1) is 0 Å². The fraction of sp³-hybridized carbons (Fsp3) is 0.136. The van der Waals surface area contributed by atoms with Crippen LogP contribution in [0.5, 0.6) is 0 Å². The van der Waals surface area contributed by atoms with Gasteiger partial charge in [-0.3, -0.25) is 9.71 Å². The van der Waals surface area contributed by atoms with Gasteiger partial charge in [0.2, 0.25) is 0 Å². The fourth-order valence-electron chi connectivity index (χ4n) is 3.40. The van der Waals surface area contributed by atoms with Gasteiger partial charge in [-0.05, 0) is 60.5 Å². The molecule has 0 spiro atoms. The van der Waals surface area contributed by atoms with Crippen molar-refractivity contribution in [2.45, 2.75) is 17.5 Å². The molecule has 160 valence electrons. The van der Waals surface area contributed by atoms with Gasteiger partial charge in [0.25, 0.3) is 10.0 Å². The molecule has 31 heavy (non-hydrogen) atoms. The second-order valence-corrected chi connectivity index (χ2v) is 8.68. The molecule has 0 amide bonds. The van der Waals surface area contributed by atoms with E-state index in [-0.39, 0.29) is 11.5 Å². The summed E-state index contributed by atoms with van der Waals surface area (Å²) in [6.45, 7) is 0.464. The van der Waals surface area contributed by atoms with Crippen molar-refractivity contribution in [3.05, 3.63) is 94.8 Å². The zero-order valence-corrected chi connectivity index (χ0v) is 16.8. The molecule has 9 heteroatoms. The second kappa shape index (κ2) is 7.81. The number of hydrogen-bond donors (Lipinski definition) is 1. The van der Waals surface area contributed by atoms with E-state index in [0.29, 0.717) is 30.3 Å². The zero-order chi connectivity index (χ0) is 22.2. The molecule has 0 fully saturated rings. The van der Waals surface area contributed by atoms with Crippen molar-refractivity contribution in [3.8, 4) is 0 Å². The number of rotatable bonds is 4. The van der Waals surface area contributed by atoms with Crippen LogP contribution in [0.1, 0.15) is 22.3 Å². The van der Waals surface area contributed by atoms with Gasteiger partial charge in [0.05, 0.1) is 16.2 Å². The summed E-state index contributed by atoms with van der Waals surface area (Å²) in [5.41, 5.74) is 1.89. The van der Waals surface area contributed by atoms with Gasteiger partial charge in [-0.25, -0.2) is 12.8 Å². The molecule has 3 aromatic carbocycles. The Morgan fingerprint density at radius 3 is 2.48 bits per heavy atom. The van der Waals surface area contributed by atoms with Crippen molar-refractivity contribution >= 4 is 21.4 Å². The van der Waals surface area contributed by atoms with Crippen LogP contribution < -0.4 is 4.72 Å². The maximum atomic E-state index is 13.6. The molecular weight excluding hydrogens is 432 g/mol. The number of alkyl halides is 3. The number of fused-ring (bicyclic) bond motifs is 1. The van der Waals surface area contributed by atoms with Gasteiger partial charge in [-0.2, -0.15) is 13.2 Å². The molecular formula is C22H16F4N2O2S. The van der Waals surface area contributed by atoms with E-state index < -0.39 is 26.7 Å². The third-order valence-corrected chi connectivity index (χ3v) is 6.21. The number of benzene rings is 3. The van der Waals surface area contributed by atoms with Crippen LogP contribution >= 0.6 is 0 Å². The first-order valence-electron chi connectivity index (χ1n) is 9.27. The van der Waals surface area contributed by atoms with Crippen molar-refractivity contribution in [1.82, 2.24) is 0 Å².